The molecule has 2 aromatic carbocycles. The van der Waals surface area contributed by atoms with E-state index in [-0.39, 0.29) is 12.1 Å². The number of carbonyl (C=O) groups is 1. The highest BCUT2D eigenvalue weighted by Crippen LogP contribution is 2.26. The molecule has 2 aromatic rings. The fourth-order valence-corrected chi connectivity index (χ4v) is 4.26. The highest BCUT2D eigenvalue weighted by Gasteiger charge is 2.28. The number of hydrogen-bond donors (Lipinski definition) is 3. The van der Waals surface area contributed by atoms with Crippen molar-refractivity contribution in [3.05, 3.63) is 60.2 Å². The van der Waals surface area contributed by atoms with Gasteiger partial charge in [0.2, 0.25) is 0 Å². The fraction of sp³-hybridized carbons (Fsp3) is 0.567. The first-order valence-corrected chi connectivity index (χ1v) is 13.7. The molecule has 1 saturated heterocycles. The van der Waals surface area contributed by atoms with Gasteiger partial charge >= 0.3 is 6.09 Å². The van der Waals surface area contributed by atoms with Crippen LogP contribution in [0.25, 0.3) is 0 Å². The fourth-order valence-electron chi connectivity index (χ4n) is 4.26. The molecule has 9 nitrogen and oxygen atoms in total. The Morgan fingerprint density at radius 1 is 1.10 bits per heavy atom. The van der Waals surface area contributed by atoms with Gasteiger partial charge in [-0.2, -0.15) is 0 Å². The second kappa shape index (κ2) is 15.1. The summed E-state index contributed by atoms with van der Waals surface area (Å²) in [5, 5.41) is 17.0. The lowest BCUT2D eigenvalue weighted by molar-refractivity contribution is -0.151. The number of benzene rings is 2. The first-order chi connectivity index (χ1) is 18.6. The van der Waals surface area contributed by atoms with Crippen molar-refractivity contribution in [2.45, 2.75) is 83.6 Å². The van der Waals surface area contributed by atoms with Crippen molar-refractivity contribution in [3.8, 4) is 11.5 Å². The lowest BCUT2D eigenvalue weighted by atomic mass is 10.0. The highest BCUT2D eigenvalue weighted by molar-refractivity contribution is 5.68. The molecule has 1 aliphatic rings. The molecule has 0 spiro atoms. The largest absolute Gasteiger partial charge is 0.490 e. The summed E-state index contributed by atoms with van der Waals surface area (Å²) in [4.78, 5) is 12.5. The smallest absolute Gasteiger partial charge is 0.407 e. The van der Waals surface area contributed by atoms with Crippen molar-refractivity contribution in [3.63, 3.8) is 0 Å². The number of morpholine rings is 1. The van der Waals surface area contributed by atoms with Crippen LogP contribution in [0.1, 0.15) is 46.6 Å². The Bertz CT molecular complexity index is 990. The van der Waals surface area contributed by atoms with Gasteiger partial charge in [-0.05, 0) is 58.7 Å². The summed E-state index contributed by atoms with van der Waals surface area (Å²) < 4.78 is 28.9. The molecule has 1 amide bonds. The second-order valence-electron chi connectivity index (χ2n) is 10.7. The number of nitrogens with one attached hydrogen (secondary N) is 2. The number of amides is 1. The first kappa shape index (κ1) is 30.7. The van der Waals surface area contributed by atoms with Gasteiger partial charge in [0.25, 0.3) is 0 Å². The van der Waals surface area contributed by atoms with Crippen LogP contribution >= 0.6 is 0 Å². The number of hydrogen-bond acceptors (Lipinski definition) is 8. The molecule has 0 aliphatic carbocycles. The lowest BCUT2D eigenvalue weighted by Gasteiger charge is -2.33. The van der Waals surface area contributed by atoms with Crippen molar-refractivity contribution >= 4 is 6.09 Å². The third-order valence-corrected chi connectivity index (χ3v) is 6.17. The first-order valence-electron chi connectivity index (χ1n) is 13.7. The minimum absolute atomic E-state index is 0.0782. The molecule has 1 fully saturated rings. The third-order valence-electron chi connectivity index (χ3n) is 6.17. The average Bonchev–Trinajstić information content (AvgIpc) is 2.88. The monoisotopic (exact) mass is 544 g/mol. The molecule has 1 aliphatic heterocycles. The maximum atomic E-state index is 12.5. The quantitative estimate of drug-likeness (QED) is 0.324. The van der Waals surface area contributed by atoms with Crippen LogP contribution in [0.4, 0.5) is 4.79 Å². The Balaban J connectivity index is 1.46. The van der Waals surface area contributed by atoms with E-state index in [2.05, 4.69) is 10.6 Å². The number of aliphatic hydroxyl groups excluding tert-OH is 1. The third kappa shape index (κ3) is 11.0. The van der Waals surface area contributed by atoms with Crippen LogP contribution in [0.5, 0.6) is 11.5 Å². The van der Waals surface area contributed by atoms with Crippen LogP contribution in [0.2, 0.25) is 0 Å². The van der Waals surface area contributed by atoms with Gasteiger partial charge in [-0.1, -0.05) is 42.5 Å². The summed E-state index contributed by atoms with van der Waals surface area (Å²) in [5.74, 6) is 1.40. The van der Waals surface area contributed by atoms with Gasteiger partial charge in [0.15, 0.2) is 17.8 Å². The molecule has 3 N–H and O–H groups in total. The van der Waals surface area contributed by atoms with Crippen LogP contribution < -0.4 is 20.1 Å². The number of rotatable bonds is 13. The molecular formula is C30H44N2O7. The number of alkyl carbamates (subject to hydrolysis) is 1. The SMILES string of the molecule is CCOc1ccccc1OCC1CNC(CC(O)OC(C)C(Cc2ccccc2)NC(=O)OC(C)(C)C)CO1. The van der Waals surface area contributed by atoms with Crippen molar-refractivity contribution in [2.75, 3.05) is 26.4 Å². The zero-order valence-corrected chi connectivity index (χ0v) is 23.7. The molecule has 39 heavy (non-hydrogen) atoms. The molecule has 5 atom stereocenters. The van der Waals surface area contributed by atoms with E-state index in [1.165, 1.54) is 0 Å². The number of ether oxygens (including phenoxy) is 5. The molecule has 3 rings (SSSR count). The van der Waals surface area contributed by atoms with Gasteiger partial charge in [0, 0.05) is 19.0 Å². The predicted molar refractivity (Wildman–Crippen MR) is 149 cm³/mol. The minimum atomic E-state index is -1.04. The van der Waals surface area contributed by atoms with E-state index < -0.39 is 30.1 Å². The van der Waals surface area contributed by atoms with Gasteiger partial charge in [-0.15, -0.1) is 0 Å². The molecule has 0 radical (unpaired) electrons. The summed E-state index contributed by atoms with van der Waals surface area (Å²) in [6.45, 7) is 11.2. The maximum Gasteiger partial charge on any atom is 0.407 e. The van der Waals surface area contributed by atoms with Crippen molar-refractivity contribution < 1.29 is 33.6 Å². The van der Waals surface area contributed by atoms with E-state index in [0.717, 1.165) is 5.56 Å². The Morgan fingerprint density at radius 3 is 2.38 bits per heavy atom. The molecular weight excluding hydrogens is 500 g/mol. The van der Waals surface area contributed by atoms with E-state index in [9.17, 15) is 9.90 Å². The van der Waals surface area contributed by atoms with Gasteiger partial charge in [-0.3, -0.25) is 0 Å². The van der Waals surface area contributed by atoms with Crippen LogP contribution in [-0.4, -0.2) is 73.7 Å². The van der Waals surface area contributed by atoms with Crippen molar-refractivity contribution in [1.82, 2.24) is 10.6 Å². The van der Waals surface area contributed by atoms with Crippen LogP contribution in [0.15, 0.2) is 54.6 Å². The number of carbonyl (C=O) groups excluding carboxylic acids is 1. The molecule has 9 heteroatoms. The summed E-state index contributed by atoms with van der Waals surface area (Å²) >= 11 is 0. The molecule has 1 heterocycles. The van der Waals surface area contributed by atoms with Crippen LogP contribution in [-0.2, 0) is 20.6 Å². The van der Waals surface area contributed by atoms with E-state index >= 15 is 0 Å². The maximum absolute atomic E-state index is 12.5. The molecule has 0 saturated carbocycles. The minimum Gasteiger partial charge on any atom is -0.490 e. The van der Waals surface area contributed by atoms with E-state index in [0.29, 0.717) is 50.7 Å². The van der Waals surface area contributed by atoms with E-state index in [1.807, 2.05) is 89.2 Å². The van der Waals surface area contributed by atoms with Crippen LogP contribution in [0.3, 0.4) is 0 Å². The zero-order valence-electron chi connectivity index (χ0n) is 23.7. The van der Waals surface area contributed by atoms with Gasteiger partial charge in [0.1, 0.15) is 18.3 Å². The molecule has 5 unspecified atom stereocenters. The Labute approximate surface area is 232 Å². The molecule has 0 aromatic heterocycles. The predicted octanol–water partition coefficient (Wildman–Crippen LogP) is 4.07. The lowest BCUT2D eigenvalue weighted by Crippen LogP contribution is -2.51. The van der Waals surface area contributed by atoms with Crippen molar-refractivity contribution in [2.24, 2.45) is 0 Å². The Hall–Kier alpha value is -2.85. The normalized spacial score (nSPS) is 19.9. The summed E-state index contributed by atoms with van der Waals surface area (Å²) in [6, 6.07) is 16.9. The number of aliphatic hydroxyl groups is 1. The molecule has 216 valence electrons. The van der Waals surface area contributed by atoms with E-state index in [4.69, 9.17) is 23.7 Å². The van der Waals surface area contributed by atoms with Gasteiger partial charge in [-0.25, -0.2) is 4.79 Å². The standard InChI is InChI=1S/C30H44N2O7/c1-6-35-26-14-10-11-15-27(26)37-20-24-18-31-23(19-36-24)17-28(33)38-21(2)25(16-22-12-8-7-9-13-22)32-29(34)39-30(3,4)5/h7-15,21,23-25,28,31,33H,6,16-20H2,1-5H3,(H,32,34). The average molecular weight is 545 g/mol. The van der Waals surface area contributed by atoms with Gasteiger partial charge < -0.3 is 39.4 Å². The van der Waals surface area contributed by atoms with E-state index in [1.54, 1.807) is 0 Å². The Kier molecular flexibility index (Phi) is 11.9. The Morgan fingerprint density at radius 2 is 1.77 bits per heavy atom. The van der Waals surface area contributed by atoms with Gasteiger partial charge in [0.05, 0.1) is 25.4 Å². The second-order valence-corrected chi connectivity index (χ2v) is 10.7. The topological polar surface area (TPSA) is 108 Å². The van der Waals surface area contributed by atoms with Crippen molar-refractivity contribution in [1.29, 1.82) is 0 Å². The number of para-hydroxylation sites is 2. The van der Waals surface area contributed by atoms with Crippen LogP contribution in [0, 0.1) is 0 Å². The zero-order chi connectivity index (χ0) is 28.3. The summed E-state index contributed by atoms with van der Waals surface area (Å²) in [7, 11) is 0. The summed E-state index contributed by atoms with van der Waals surface area (Å²) in [6.07, 6.45) is -1.27. The summed E-state index contributed by atoms with van der Waals surface area (Å²) in [5.41, 5.74) is 0.427. The molecule has 0 bridgehead atoms. The highest BCUT2D eigenvalue weighted by atomic mass is 16.6.